The van der Waals surface area contributed by atoms with E-state index >= 15 is 0 Å². The average molecular weight is 414 g/mol. The Labute approximate surface area is 162 Å². The second-order valence-electron chi connectivity index (χ2n) is 6.02. The SMILES string of the molecule is COC1OC([C@@H](CN=[N+]=[N-])OS(C)(=O)=O)C(OC)C1NC(=O)c1ccccc1. The standard InChI is InChI=1S/C16H22N4O7S/c1-24-14-12(19-15(21)10-7-5-4-6-8-10)16(25-2)26-13(14)11(9-18-20-17)27-28(3,22)23/h4-8,11-14,16H,9H2,1-3H3,(H,19,21)/t11-,12?,13?,14?,16?/m1/s1. The Kier molecular flexibility index (Phi) is 7.75. The fourth-order valence-corrected chi connectivity index (χ4v) is 3.58. The maximum atomic E-state index is 12.5. The number of hydrogen-bond acceptors (Lipinski definition) is 8. The molecule has 0 aliphatic carbocycles. The molecule has 0 aromatic heterocycles. The Hall–Kier alpha value is -2.21. The highest BCUT2D eigenvalue weighted by Gasteiger charge is 2.50. The van der Waals surface area contributed by atoms with Gasteiger partial charge in [0.25, 0.3) is 16.0 Å². The smallest absolute Gasteiger partial charge is 0.264 e. The summed E-state index contributed by atoms with van der Waals surface area (Å²) in [6.45, 7) is -0.316. The molecule has 1 aliphatic rings. The minimum Gasteiger partial charge on any atom is -0.376 e. The van der Waals surface area contributed by atoms with Crippen molar-refractivity contribution in [1.82, 2.24) is 5.32 Å². The lowest BCUT2D eigenvalue weighted by atomic mass is 10.0. The quantitative estimate of drug-likeness (QED) is 0.272. The number of hydrogen-bond donors (Lipinski definition) is 1. The minimum atomic E-state index is -3.88. The number of carbonyl (C=O) groups is 1. The van der Waals surface area contributed by atoms with E-state index in [-0.39, 0.29) is 12.5 Å². The normalized spacial score (nSPS) is 25.7. The zero-order valence-electron chi connectivity index (χ0n) is 15.6. The van der Waals surface area contributed by atoms with Gasteiger partial charge in [-0.3, -0.25) is 8.98 Å². The van der Waals surface area contributed by atoms with Gasteiger partial charge in [0.05, 0.1) is 12.8 Å². The van der Waals surface area contributed by atoms with Crippen molar-refractivity contribution in [2.45, 2.75) is 30.6 Å². The maximum Gasteiger partial charge on any atom is 0.264 e. The zero-order valence-corrected chi connectivity index (χ0v) is 16.4. The molecule has 1 fully saturated rings. The molecule has 1 heterocycles. The van der Waals surface area contributed by atoms with Gasteiger partial charge in [0.1, 0.15) is 24.4 Å². The molecule has 28 heavy (non-hydrogen) atoms. The molecule has 1 amide bonds. The summed E-state index contributed by atoms with van der Waals surface area (Å²) < 4.78 is 44.7. The van der Waals surface area contributed by atoms with Crippen molar-refractivity contribution < 1.29 is 31.6 Å². The lowest BCUT2D eigenvalue weighted by Crippen LogP contribution is -2.51. The summed E-state index contributed by atoms with van der Waals surface area (Å²) in [5.41, 5.74) is 9.00. The molecular weight excluding hydrogens is 392 g/mol. The Morgan fingerprint density at radius 1 is 1.32 bits per heavy atom. The van der Waals surface area contributed by atoms with Gasteiger partial charge in [0.15, 0.2) is 6.29 Å². The van der Waals surface area contributed by atoms with Crippen molar-refractivity contribution in [3.8, 4) is 0 Å². The highest BCUT2D eigenvalue weighted by atomic mass is 32.2. The van der Waals surface area contributed by atoms with Crippen LogP contribution in [0.5, 0.6) is 0 Å². The highest BCUT2D eigenvalue weighted by molar-refractivity contribution is 7.86. The molecular formula is C16H22N4O7S. The summed E-state index contributed by atoms with van der Waals surface area (Å²) in [5, 5.41) is 6.16. The molecule has 5 atom stereocenters. The molecule has 0 radical (unpaired) electrons. The van der Waals surface area contributed by atoms with E-state index in [4.69, 9.17) is 23.9 Å². The molecule has 12 heteroatoms. The predicted octanol–water partition coefficient (Wildman–Crippen LogP) is 0.826. The van der Waals surface area contributed by atoms with E-state index in [2.05, 4.69) is 15.3 Å². The second kappa shape index (κ2) is 9.82. The fourth-order valence-electron chi connectivity index (χ4n) is 2.96. The number of nitrogens with one attached hydrogen (secondary N) is 1. The molecule has 11 nitrogen and oxygen atoms in total. The van der Waals surface area contributed by atoms with Crippen molar-refractivity contribution in [3.05, 3.63) is 46.3 Å². The van der Waals surface area contributed by atoms with E-state index in [0.29, 0.717) is 5.56 Å². The first-order chi connectivity index (χ1) is 13.3. The Balaban J connectivity index is 2.26. The molecule has 1 aliphatic heterocycles. The molecule has 1 N–H and O–H groups in total. The number of carbonyl (C=O) groups excluding carboxylic acids is 1. The van der Waals surface area contributed by atoms with Crippen LogP contribution in [0, 0.1) is 0 Å². The Bertz CT molecular complexity index is 814. The number of amides is 1. The minimum absolute atomic E-state index is 0.316. The number of methoxy groups -OCH3 is 2. The van der Waals surface area contributed by atoms with Crippen LogP contribution >= 0.6 is 0 Å². The number of azide groups is 1. The topological polar surface area (TPSA) is 149 Å². The maximum absolute atomic E-state index is 12.5. The average Bonchev–Trinajstić information content (AvgIpc) is 3.02. The van der Waals surface area contributed by atoms with Crippen molar-refractivity contribution in [1.29, 1.82) is 0 Å². The number of nitrogens with zero attached hydrogens (tertiary/aromatic N) is 3. The molecule has 2 rings (SSSR count). The van der Waals surface area contributed by atoms with Gasteiger partial charge < -0.3 is 19.5 Å². The first-order valence-corrected chi connectivity index (χ1v) is 10.1. The molecule has 0 spiro atoms. The van der Waals surface area contributed by atoms with Crippen LogP contribution in [-0.4, -0.2) is 72.0 Å². The summed E-state index contributed by atoms with van der Waals surface area (Å²) in [4.78, 5) is 15.2. The summed E-state index contributed by atoms with van der Waals surface area (Å²) in [6, 6.07) is 7.75. The van der Waals surface area contributed by atoms with Crippen LogP contribution in [0.25, 0.3) is 10.4 Å². The summed E-state index contributed by atoms with van der Waals surface area (Å²) in [7, 11) is -1.12. The van der Waals surface area contributed by atoms with Crippen LogP contribution in [0.3, 0.4) is 0 Å². The largest absolute Gasteiger partial charge is 0.376 e. The first kappa shape index (κ1) is 22.1. The van der Waals surface area contributed by atoms with Gasteiger partial charge in [-0.05, 0) is 17.7 Å². The monoisotopic (exact) mass is 414 g/mol. The van der Waals surface area contributed by atoms with Crippen molar-refractivity contribution in [2.75, 3.05) is 27.0 Å². The molecule has 154 valence electrons. The lowest BCUT2D eigenvalue weighted by Gasteiger charge is -2.26. The number of benzene rings is 1. The summed E-state index contributed by atoms with van der Waals surface area (Å²) in [6.07, 6.45) is -3.02. The van der Waals surface area contributed by atoms with Crippen LogP contribution in [-0.2, 0) is 28.5 Å². The molecule has 4 unspecified atom stereocenters. The van der Waals surface area contributed by atoms with Gasteiger partial charge in [-0.1, -0.05) is 23.3 Å². The van der Waals surface area contributed by atoms with E-state index in [1.165, 1.54) is 14.2 Å². The number of rotatable bonds is 9. The van der Waals surface area contributed by atoms with Gasteiger partial charge >= 0.3 is 0 Å². The van der Waals surface area contributed by atoms with Gasteiger partial charge in [0.2, 0.25) is 0 Å². The fraction of sp³-hybridized carbons (Fsp3) is 0.562. The number of ether oxygens (including phenoxy) is 3. The first-order valence-electron chi connectivity index (χ1n) is 8.26. The lowest BCUT2D eigenvalue weighted by molar-refractivity contribution is -0.143. The third-order valence-electron chi connectivity index (χ3n) is 4.09. The summed E-state index contributed by atoms with van der Waals surface area (Å²) in [5.74, 6) is -0.380. The van der Waals surface area contributed by atoms with Gasteiger partial charge in [-0.15, -0.1) is 0 Å². The van der Waals surface area contributed by atoms with Crippen LogP contribution < -0.4 is 5.32 Å². The molecule has 1 saturated heterocycles. The van der Waals surface area contributed by atoms with Crippen molar-refractivity contribution >= 4 is 16.0 Å². The molecule has 1 aromatic rings. The summed E-state index contributed by atoms with van der Waals surface area (Å²) >= 11 is 0. The highest BCUT2D eigenvalue weighted by Crippen LogP contribution is 2.29. The van der Waals surface area contributed by atoms with E-state index in [1.807, 2.05) is 0 Å². The van der Waals surface area contributed by atoms with E-state index < -0.39 is 40.8 Å². The van der Waals surface area contributed by atoms with Crippen molar-refractivity contribution in [2.24, 2.45) is 5.11 Å². The van der Waals surface area contributed by atoms with Crippen LogP contribution in [0.15, 0.2) is 35.4 Å². The third kappa shape index (κ3) is 5.64. The zero-order chi connectivity index (χ0) is 20.7. The van der Waals surface area contributed by atoms with Gasteiger partial charge in [0, 0.05) is 24.7 Å². The Morgan fingerprint density at radius 2 is 2.00 bits per heavy atom. The van der Waals surface area contributed by atoms with Crippen LogP contribution in [0.1, 0.15) is 10.4 Å². The van der Waals surface area contributed by atoms with E-state index in [9.17, 15) is 13.2 Å². The van der Waals surface area contributed by atoms with Gasteiger partial charge in [-0.25, -0.2) is 0 Å². The molecule has 0 saturated carbocycles. The molecule has 1 aromatic carbocycles. The third-order valence-corrected chi connectivity index (χ3v) is 4.69. The predicted molar refractivity (Wildman–Crippen MR) is 97.9 cm³/mol. The Morgan fingerprint density at radius 3 is 2.54 bits per heavy atom. The second-order valence-corrected chi connectivity index (χ2v) is 7.62. The van der Waals surface area contributed by atoms with Crippen molar-refractivity contribution in [3.63, 3.8) is 0 Å². The van der Waals surface area contributed by atoms with Gasteiger partial charge in [-0.2, -0.15) is 8.42 Å². The van der Waals surface area contributed by atoms with Crippen LogP contribution in [0.2, 0.25) is 0 Å². The van der Waals surface area contributed by atoms with E-state index in [1.54, 1.807) is 30.3 Å². The van der Waals surface area contributed by atoms with Crippen LogP contribution in [0.4, 0.5) is 0 Å². The van der Waals surface area contributed by atoms with E-state index in [0.717, 1.165) is 6.26 Å². The molecule has 0 bridgehead atoms.